The lowest BCUT2D eigenvalue weighted by Gasteiger charge is -2.33. The zero-order chi connectivity index (χ0) is 29.0. The maximum Gasteiger partial charge on any atom is 0.247 e. The number of methoxy groups -OCH3 is 1. The van der Waals surface area contributed by atoms with E-state index in [4.69, 9.17) is 16.3 Å². The number of pyridine rings is 2. The van der Waals surface area contributed by atoms with E-state index < -0.39 is 6.04 Å². The quantitative estimate of drug-likeness (QED) is 0.165. The molecular weight excluding hydrogens is 536 g/mol. The Bertz CT molecular complexity index is 1430. The zero-order valence-electron chi connectivity index (χ0n) is 23.2. The summed E-state index contributed by atoms with van der Waals surface area (Å²) in [5.41, 5.74) is 4.69. The highest BCUT2D eigenvalue weighted by atomic mass is 35.5. The molecule has 2 amide bonds. The Morgan fingerprint density at radius 1 is 0.927 bits per heavy atom. The van der Waals surface area contributed by atoms with Crippen molar-refractivity contribution in [1.29, 1.82) is 0 Å². The molecule has 2 aromatic heterocycles. The van der Waals surface area contributed by atoms with Crippen molar-refractivity contribution in [2.75, 3.05) is 27.3 Å². The van der Waals surface area contributed by atoms with Gasteiger partial charge in [0.1, 0.15) is 11.2 Å². The van der Waals surface area contributed by atoms with Crippen molar-refractivity contribution in [3.63, 3.8) is 0 Å². The number of carbonyl (C=O) groups is 2. The minimum absolute atomic E-state index is 0.158. The van der Waals surface area contributed by atoms with Crippen LogP contribution in [0.3, 0.4) is 0 Å². The van der Waals surface area contributed by atoms with Gasteiger partial charge in [-0.3, -0.25) is 14.6 Å². The Hall–Kier alpha value is -4.33. The number of aromatic nitrogens is 2. The molecule has 8 heteroatoms. The van der Waals surface area contributed by atoms with Crippen molar-refractivity contribution in [2.24, 2.45) is 0 Å². The Kier molecular flexibility index (Phi) is 10.8. The summed E-state index contributed by atoms with van der Waals surface area (Å²) in [5, 5.41) is 0.373. The number of benzene rings is 2. The second-order valence-corrected chi connectivity index (χ2v) is 9.99. The molecule has 0 fully saturated rings. The summed E-state index contributed by atoms with van der Waals surface area (Å²) in [6.45, 7) is 1.06. The zero-order valence-corrected chi connectivity index (χ0v) is 23.9. The van der Waals surface area contributed by atoms with Crippen molar-refractivity contribution in [3.05, 3.63) is 125 Å². The molecule has 0 N–H and O–H groups in total. The van der Waals surface area contributed by atoms with E-state index in [1.165, 1.54) is 6.08 Å². The minimum Gasteiger partial charge on any atom is -0.383 e. The number of hydrogen-bond donors (Lipinski definition) is 0. The number of amides is 2. The van der Waals surface area contributed by atoms with Crippen LogP contribution < -0.4 is 0 Å². The minimum atomic E-state index is -0.736. The highest BCUT2D eigenvalue weighted by Crippen LogP contribution is 2.22. The van der Waals surface area contributed by atoms with Gasteiger partial charge in [-0.25, -0.2) is 4.98 Å². The molecule has 0 radical (unpaired) electrons. The molecule has 2 heterocycles. The van der Waals surface area contributed by atoms with Gasteiger partial charge < -0.3 is 14.5 Å². The molecule has 0 saturated heterocycles. The molecule has 0 unspecified atom stereocenters. The summed E-state index contributed by atoms with van der Waals surface area (Å²) < 4.78 is 5.20. The van der Waals surface area contributed by atoms with Crippen molar-refractivity contribution >= 4 is 29.5 Å². The lowest BCUT2D eigenvalue weighted by Crippen LogP contribution is -2.51. The van der Waals surface area contributed by atoms with Gasteiger partial charge in [0.15, 0.2) is 0 Å². The van der Waals surface area contributed by atoms with Crippen LogP contribution in [0.4, 0.5) is 0 Å². The van der Waals surface area contributed by atoms with Crippen LogP contribution in [0.25, 0.3) is 17.2 Å². The van der Waals surface area contributed by atoms with E-state index in [0.29, 0.717) is 24.7 Å². The van der Waals surface area contributed by atoms with Gasteiger partial charge in [-0.1, -0.05) is 72.3 Å². The fraction of sp³-hybridized carbons (Fsp3) is 0.212. The topological polar surface area (TPSA) is 75.6 Å². The average molecular weight is 569 g/mol. The summed E-state index contributed by atoms with van der Waals surface area (Å²) in [7, 11) is 3.34. The first-order chi connectivity index (χ1) is 19.9. The van der Waals surface area contributed by atoms with Crippen molar-refractivity contribution in [2.45, 2.75) is 19.0 Å². The van der Waals surface area contributed by atoms with E-state index in [1.807, 2.05) is 66.7 Å². The first-order valence-corrected chi connectivity index (χ1v) is 13.7. The Morgan fingerprint density at radius 3 is 2.29 bits per heavy atom. The number of nitrogens with zero attached hydrogens (tertiary/aromatic N) is 4. The van der Waals surface area contributed by atoms with Gasteiger partial charge in [-0.2, -0.15) is 0 Å². The molecule has 210 valence electrons. The Morgan fingerprint density at radius 2 is 1.63 bits per heavy atom. The monoisotopic (exact) mass is 568 g/mol. The van der Waals surface area contributed by atoms with Gasteiger partial charge in [0.25, 0.3) is 0 Å². The summed E-state index contributed by atoms with van der Waals surface area (Å²) in [5.74, 6) is -0.443. The third kappa shape index (κ3) is 8.58. The lowest BCUT2D eigenvalue weighted by molar-refractivity contribution is -0.143. The standard InChI is InChI=1S/C33H33ClN4O3/c1-37(20-21-41-2)33(40)30(22-25-6-4-3-5-7-25)38(32(39)15-11-26-10-14-31(34)36-23-26)24-27-8-12-28(13-9-27)29-16-18-35-19-17-29/h3-19,23,30H,20-22,24H2,1-2H3/t30-/m0/s1. The molecule has 0 spiro atoms. The number of halogens is 1. The van der Waals surface area contributed by atoms with Gasteiger partial charge >= 0.3 is 0 Å². The normalized spacial score (nSPS) is 11.8. The molecule has 41 heavy (non-hydrogen) atoms. The highest BCUT2D eigenvalue weighted by molar-refractivity contribution is 6.29. The second-order valence-electron chi connectivity index (χ2n) is 9.60. The van der Waals surface area contributed by atoms with Gasteiger partial charge in [-0.05, 0) is 52.1 Å². The van der Waals surface area contributed by atoms with Crippen LogP contribution in [-0.4, -0.2) is 64.9 Å². The van der Waals surface area contributed by atoms with Gasteiger partial charge in [0.2, 0.25) is 11.8 Å². The molecule has 0 aliphatic rings. The SMILES string of the molecule is COCCN(C)C(=O)[C@H](Cc1ccccc1)N(Cc1ccc(-c2ccncc2)cc1)C(=O)C=Cc1ccc(Cl)nc1. The van der Waals surface area contributed by atoms with Crippen LogP contribution in [0.5, 0.6) is 0 Å². The number of likely N-dealkylation sites (N-methyl/N-ethyl adjacent to an activating group) is 1. The molecule has 1 atom stereocenters. The van der Waals surface area contributed by atoms with Crippen molar-refractivity contribution in [1.82, 2.24) is 19.8 Å². The molecule has 2 aromatic carbocycles. The van der Waals surface area contributed by atoms with Crippen molar-refractivity contribution in [3.8, 4) is 11.1 Å². The van der Waals surface area contributed by atoms with Gasteiger partial charge in [0.05, 0.1) is 6.61 Å². The van der Waals surface area contributed by atoms with Crippen LogP contribution in [0.15, 0.2) is 104 Å². The number of carbonyl (C=O) groups excluding carboxylic acids is 2. The maximum absolute atomic E-state index is 13.9. The predicted octanol–water partition coefficient (Wildman–Crippen LogP) is 5.56. The molecule has 0 bridgehead atoms. The molecule has 0 aliphatic heterocycles. The molecule has 4 rings (SSSR count). The summed E-state index contributed by atoms with van der Waals surface area (Å²) in [4.78, 5) is 39.1. The predicted molar refractivity (Wildman–Crippen MR) is 162 cm³/mol. The van der Waals surface area contributed by atoms with Crippen LogP contribution in [0, 0.1) is 0 Å². The highest BCUT2D eigenvalue weighted by Gasteiger charge is 2.31. The fourth-order valence-corrected chi connectivity index (χ4v) is 4.51. The van der Waals surface area contributed by atoms with Crippen LogP contribution in [0.2, 0.25) is 5.15 Å². The average Bonchev–Trinajstić information content (AvgIpc) is 3.02. The lowest BCUT2D eigenvalue weighted by atomic mass is 10.0. The maximum atomic E-state index is 13.9. The van der Waals surface area contributed by atoms with E-state index in [1.54, 1.807) is 60.8 Å². The number of rotatable bonds is 12. The second kappa shape index (κ2) is 14.9. The number of ether oxygens (including phenoxy) is 1. The molecule has 4 aromatic rings. The Labute approximate surface area is 246 Å². The molecule has 0 aliphatic carbocycles. The van der Waals surface area contributed by atoms with Crippen LogP contribution in [-0.2, 0) is 27.3 Å². The van der Waals surface area contributed by atoms with Crippen LogP contribution in [0.1, 0.15) is 16.7 Å². The summed E-state index contributed by atoms with van der Waals surface area (Å²) in [6, 6.07) is 24.4. The van der Waals surface area contributed by atoms with Gasteiger partial charge in [-0.15, -0.1) is 0 Å². The fourth-order valence-electron chi connectivity index (χ4n) is 4.40. The first kappa shape index (κ1) is 29.6. The van der Waals surface area contributed by atoms with E-state index in [9.17, 15) is 9.59 Å². The summed E-state index contributed by atoms with van der Waals surface area (Å²) >= 11 is 5.92. The number of hydrogen-bond acceptors (Lipinski definition) is 5. The molecule has 0 saturated carbocycles. The third-order valence-electron chi connectivity index (χ3n) is 6.71. The van der Waals surface area contributed by atoms with E-state index in [2.05, 4.69) is 9.97 Å². The summed E-state index contributed by atoms with van der Waals surface area (Å²) in [6.07, 6.45) is 8.65. The first-order valence-electron chi connectivity index (χ1n) is 13.3. The smallest absolute Gasteiger partial charge is 0.247 e. The van der Waals surface area contributed by atoms with Crippen LogP contribution >= 0.6 is 11.6 Å². The largest absolute Gasteiger partial charge is 0.383 e. The van der Waals surface area contributed by atoms with Crippen molar-refractivity contribution < 1.29 is 14.3 Å². The van der Waals surface area contributed by atoms with E-state index >= 15 is 0 Å². The molecule has 7 nitrogen and oxygen atoms in total. The van der Waals surface area contributed by atoms with Gasteiger partial charge in [0, 0.05) is 58.3 Å². The van der Waals surface area contributed by atoms with E-state index in [0.717, 1.165) is 27.8 Å². The van der Waals surface area contributed by atoms with E-state index in [-0.39, 0.29) is 18.4 Å². The molecular formula is C33H33ClN4O3. The third-order valence-corrected chi connectivity index (χ3v) is 6.94. The Balaban J connectivity index is 1.68.